The lowest BCUT2D eigenvalue weighted by Gasteiger charge is -2.45. The molecule has 1 rings (SSSR count). The molecule has 0 aromatic heterocycles. The van der Waals surface area contributed by atoms with Gasteiger partial charge in [0.25, 0.3) is 0 Å². The first-order chi connectivity index (χ1) is 10.2. The van der Waals surface area contributed by atoms with E-state index in [0.29, 0.717) is 6.04 Å². The summed E-state index contributed by atoms with van der Waals surface area (Å²) in [6.45, 7) is 11.0. The highest BCUT2D eigenvalue weighted by Gasteiger charge is 2.40. The summed E-state index contributed by atoms with van der Waals surface area (Å²) in [5, 5.41) is 3.79. The molecule has 2 heteroatoms. The van der Waals surface area contributed by atoms with Gasteiger partial charge in [-0.15, -0.1) is 0 Å². The van der Waals surface area contributed by atoms with Crippen LogP contribution in [-0.2, 0) is 4.74 Å². The van der Waals surface area contributed by atoms with Crippen LogP contribution in [0.4, 0.5) is 0 Å². The SMILES string of the molecule is CCCCC(CC)CC(NCC)C1(OCC)CCCCC1. The molecule has 2 atom stereocenters. The van der Waals surface area contributed by atoms with Gasteiger partial charge in [-0.1, -0.05) is 65.7 Å². The fourth-order valence-electron chi connectivity index (χ4n) is 4.08. The summed E-state index contributed by atoms with van der Waals surface area (Å²) < 4.78 is 6.37. The highest BCUT2D eigenvalue weighted by Crippen LogP contribution is 2.37. The smallest absolute Gasteiger partial charge is 0.0834 e. The van der Waals surface area contributed by atoms with Crippen molar-refractivity contribution in [3.05, 3.63) is 0 Å². The van der Waals surface area contributed by atoms with Crippen LogP contribution in [-0.4, -0.2) is 24.8 Å². The number of hydrogen-bond acceptors (Lipinski definition) is 2. The van der Waals surface area contributed by atoms with Gasteiger partial charge < -0.3 is 10.1 Å². The molecule has 1 fully saturated rings. The summed E-state index contributed by atoms with van der Waals surface area (Å²) in [7, 11) is 0. The van der Waals surface area contributed by atoms with Gasteiger partial charge in [0, 0.05) is 12.6 Å². The van der Waals surface area contributed by atoms with E-state index in [0.717, 1.165) is 19.1 Å². The van der Waals surface area contributed by atoms with Gasteiger partial charge in [-0.3, -0.25) is 0 Å². The van der Waals surface area contributed by atoms with Crippen LogP contribution in [0, 0.1) is 5.92 Å². The van der Waals surface area contributed by atoms with Crippen LogP contribution < -0.4 is 5.32 Å². The minimum atomic E-state index is 0.114. The summed E-state index contributed by atoms with van der Waals surface area (Å²) in [5.41, 5.74) is 0.114. The Morgan fingerprint density at radius 2 is 1.76 bits per heavy atom. The Balaban J connectivity index is 2.74. The largest absolute Gasteiger partial charge is 0.374 e. The molecule has 0 saturated heterocycles. The van der Waals surface area contributed by atoms with Crippen molar-refractivity contribution in [2.75, 3.05) is 13.2 Å². The van der Waals surface area contributed by atoms with E-state index in [1.54, 1.807) is 0 Å². The molecule has 0 radical (unpaired) electrons. The number of nitrogens with one attached hydrogen (secondary N) is 1. The van der Waals surface area contributed by atoms with Crippen LogP contribution in [0.1, 0.15) is 91.9 Å². The van der Waals surface area contributed by atoms with Crippen molar-refractivity contribution in [2.45, 2.75) is 104 Å². The highest BCUT2D eigenvalue weighted by molar-refractivity contribution is 4.96. The van der Waals surface area contributed by atoms with Crippen LogP contribution in [0.5, 0.6) is 0 Å². The summed E-state index contributed by atoms with van der Waals surface area (Å²) in [4.78, 5) is 0. The first-order valence-electron chi connectivity index (χ1n) is 9.59. The summed E-state index contributed by atoms with van der Waals surface area (Å²) in [5.74, 6) is 0.855. The number of unbranched alkanes of at least 4 members (excludes halogenated alkanes) is 1. The lowest BCUT2D eigenvalue weighted by Crippen LogP contribution is -2.54. The monoisotopic (exact) mass is 297 g/mol. The van der Waals surface area contributed by atoms with Crippen molar-refractivity contribution in [3.63, 3.8) is 0 Å². The second-order valence-corrected chi connectivity index (χ2v) is 6.82. The first-order valence-corrected chi connectivity index (χ1v) is 9.59. The van der Waals surface area contributed by atoms with Gasteiger partial charge in [-0.2, -0.15) is 0 Å². The molecular weight excluding hydrogens is 258 g/mol. The molecule has 0 amide bonds. The summed E-state index contributed by atoms with van der Waals surface area (Å²) in [6, 6.07) is 0.546. The molecule has 0 aliphatic heterocycles. The van der Waals surface area contributed by atoms with Gasteiger partial charge in [0.1, 0.15) is 0 Å². The predicted octanol–water partition coefficient (Wildman–Crippen LogP) is 5.31. The molecule has 2 nitrogen and oxygen atoms in total. The highest BCUT2D eigenvalue weighted by atomic mass is 16.5. The van der Waals surface area contributed by atoms with Gasteiger partial charge in [-0.25, -0.2) is 0 Å². The molecule has 126 valence electrons. The van der Waals surface area contributed by atoms with E-state index in [1.165, 1.54) is 64.2 Å². The number of hydrogen-bond donors (Lipinski definition) is 1. The molecule has 0 heterocycles. The van der Waals surface area contributed by atoms with Crippen molar-refractivity contribution in [2.24, 2.45) is 5.92 Å². The quantitative estimate of drug-likeness (QED) is 0.558. The zero-order valence-corrected chi connectivity index (χ0v) is 15.0. The van der Waals surface area contributed by atoms with Crippen LogP contribution in [0.25, 0.3) is 0 Å². The van der Waals surface area contributed by atoms with Gasteiger partial charge >= 0.3 is 0 Å². The Hall–Kier alpha value is -0.0800. The van der Waals surface area contributed by atoms with E-state index < -0.39 is 0 Å². The molecule has 21 heavy (non-hydrogen) atoms. The van der Waals surface area contributed by atoms with E-state index in [4.69, 9.17) is 4.74 Å². The Bertz CT molecular complexity index is 242. The molecular formula is C19H39NO. The van der Waals surface area contributed by atoms with Crippen molar-refractivity contribution in [1.82, 2.24) is 5.32 Å². The van der Waals surface area contributed by atoms with E-state index in [9.17, 15) is 0 Å². The van der Waals surface area contributed by atoms with Crippen molar-refractivity contribution >= 4 is 0 Å². The van der Waals surface area contributed by atoms with Crippen LogP contribution >= 0.6 is 0 Å². The maximum absolute atomic E-state index is 6.37. The van der Waals surface area contributed by atoms with E-state index in [-0.39, 0.29) is 5.60 Å². The second kappa shape index (κ2) is 10.6. The lowest BCUT2D eigenvalue weighted by atomic mass is 9.75. The summed E-state index contributed by atoms with van der Waals surface area (Å²) >= 11 is 0. The molecule has 2 unspecified atom stereocenters. The maximum atomic E-state index is 6.37. The Morgan fingerprint density at radius 3 is 2.29 bits per heavy atom. The Labute approximate surface area is 133 Å². The Kier molecular flexibility index (Phi) is 9.59. The third-order valence-corrected chi connectivity index (χ3v) is 5.33. The molecule has 0 bridgehead atoms. The van der Waals surface area contributed by atoms with Gasteiger partial charge in [0.15, 0.2) is 0 Å². The van der Waals surface area contributed by atoms with Crippen molar-refractivity contribution in [1.29, 1.82) is 0 Å². The third-order valence-electron chi connectivity index (χ3n) is 5.33. The topological polar surface area (TPSA) is 21.3 Å². The molecule has 0 spiro atoms. The van der Waals surface area contributed by atoms with Gasteiger partial charge in [0.05, 0.1) is 5.60 Å². The third kappa shape index (κ3) is 5.90. The van der Waals surface area contributed by atoms with Crippen molar-refractivity contribution < 1.29 is 4.74 Å². The molecule has 0 aromatic carbocycles. The molecule has 1 saturated carbocycles. The number of likely N-dealkylation sites (N-methyl/N-ethyl adjacent to an activating group) is 1. The van der Waals surface area contributed by atoms with Gasteiger partial charge in [0.2, 0.25) is 0 Å². The average molecular weight is 298 g/mol. The summed E-state index contributed by atoms with van der Waals surface area (Å²) in [6.07, 6.45) is 13.3. The van der Waals surface area contributed by atoms with Crippen LogP contribution in [0.2, 0.25) is 0 Å². The second-order valence-electron chi connectivity index (χ2n) is 6.82. The van der Waals surface area contributed by atoms with E-state index >= 15 is 0 Å². The molecule has 1 aliphatic carbocycles. The van der Waals surface area contributed by atoms with E-state index in [2.05, 4.69) is 33.0 Å². The average Bonchev–Trinajstić information content (AvgIpc) is 2.51. The fourth-order valence-corrected chi connectivity index (χ4v) is 4.08. The van der Waals surface area contributed by atoms with Gasteiger partial charge in [-0.05, 0) is 38.6 Å². The normalized spacial score (nSPS) is 21.1. The zero-order chi connectivity index (χ0) is 15.6. The van der Waals surface area contributed by atoms with Crippen molar-refractivity contribution in [3.8, 4) is 0 Å². The zero-order valence-electron chi connectivity index (χ0n) is 15.0. The molecule has 0 aromatic rings. The Morgan fingerprint density at radius 1 is 1.05 bits per heavy atom. The predicted molar refractivity (Wildman–Crippen MR) is 92.8 cm³/mol. The minimum Gasteiger partial charge on any atom is -0.374 e. The fraction of sp³-hybridized carbons (Fsp3) is 1.00. The lowest BCUT2D eigenvalue weighted by molar-refractivity contribution is -0.0942. The van der Waals surface area contributed by atoms with Crippen LogP contribution in [0.15, 0.2) is 0 Å². The van der Waals surface area contributed by atoms with Crippen LogP contribution in [0.3, 0.4) is 0 Å². The maximum Gasteiger partial charge on any atom is 0.0834 e. The number of ether oxygens (including phenoxy) is 1. The van der Waals surface area contributed by atoms with E-state index in [1.807, 2.05) is 0 Å². The standard InChI is InChI=1S/C19H39NO/c1-5-9-13-17(6-2)16-18(20-7-3)19(21-8-4)14-11-10-12-15-19/h17-18,20H,5-16H2,1-4H3. The number of rotatable bonds is 11. The minimum absolute atomic E-state index is 0.114. The first kappa shape index (κ1) is 19.0. The molecule has 1 N–H and O–H groups in total. The molecule has 1 aliphatic rings.